The van der Waals surface area contributed by atoms with Crippen LogP contribution in [0, 0.1) is 0 Å². The van der Waals surface area contributed by atoms with Gasteiger partial charge >= 0.3 is 0 Å². The van der Waals surface area contributed by atoms with Gasteiger partial charge in [0.15, 0.2) is 0 Å². The Morgan fingerprint density at radius 3 is 1.26 bits per heavy atom. The zero-order chi connectivity index (χ0) is 12.2. The lowest BCUT2D eigenvalue weighted by atomic mass is 10.2. The van der Waals surface area contributed by atoms with Crippen LogP contribution in [0.2, 0.25) is 0 Å². The summed E-state index contributed by atoms with van der Waals surface area (Å²) in [4.78, 5) is 0. The highest BCUT2D eigenvalue weighted by Gasteiger charge is 2.25. The zero-order valence-electron chi connectivity index (χ0n) is 11.6. The van der Waals surface area contributed by atoms with Gasteiger partial charge in [-0.15, -0.1) is 0 Å². The summed E-state index contributed by atoms with van der Waals surface area (Å²) in [5.41, 5.74) is 3.16. The summed E-state index contributed by atoms with van der Waals surface area (Å²) in [5.74, 6) is 8.67. The molecule has 2 aliphatic heterocycles. The molecule has 1 aromatic rings. The summed E-state index contributed by atoms with van der Waals surface area (Å²) >= 11 is 0. The van der Waals surface area contributed by atoms with Crippen molar-refractivity contribution in [3.63, 3.8) is 0 Å². The van der Waals surface area contributed by atoms with E-state index in [2.05, 4.69) is 24.3 Å². The first-order valence-corrected chi connectivity index (χ1v) is 10.7. The zero-order valence-corrected chi connectivity index (χ0v) is 14.0. The molecule has 0 radical (unpaired) electrons. The molecule has 0 bridgehead atoms. The Labute approximate surface area is 129 Å². The summed E-state index contributed by atoms with van der Waals surface area (Å²) in [6, 6.07) is 9.61. The van der Waals surface area contributed by atoms with Crippen LogP contribution in [0.1, 0.15) is 36.8 Å². The Balaban J connectivity index is 0.00000133. The second-order valence-electron chi connectivity index (χ2n) is 5.56. The van der Waals surface area contributed by atoms with Crippen molar-refractivity contribution in [3.05, 3.63) is 35.4 Å². The van der Waals surface area contributed by atoms with Crippen LogP contribution in [0.4, 0.5) is 0 Å². The van der Waals surface area contributed by atoms with Gasteiger partial charge < -0.3 is 12.4 Å². The highest BCUT2D eigenvalue weighted by molar-refractivity contribution is 7.96. The Morgan fingerprint density at radius 2 is 0.947 bits per heavy atom. The molecule has 0 saturated carbocycles. The van der Waals surface area contributed by atoms with E-state index in [0.29, 0.717) is 21.8 Å². The smallest absolute Gasteiger partial charge is 0.133 e. The number of rotatable bonds is 4. The van der Waals surface area contributed by atoms with Crippen LogP contribution in [0.3, 0.4) is 0 Å². The Hall–Kier alpha value is 0.210. The van der Waals surface area contributed by atoms with E-state index in [4.69, 9.17) is 0 Å². The minimum atomic E-state index is 0. The summed E-state index contributed by atoms with van der Waals surface area (Å²) in [6.45, 7) is 0. The van der Waals surface area contributed by atoms with E-state index in [1.807, 2.05) is 0 Å². The fourth-order valence-corrected chi connectivity index (χ4v) is 7.68. The first-order valence-electron chi connectivity index (χ1n) is 7.26. The number of benzene rings is 1. The summed E-state index contributed by atoms with van der Waals surface area (Å²) in [6.07, 6.45) is 5.90. The Bertz CT molecular complexity index is 328. The van der Waals surface area contributed by atoms with E-state index in [1.165, 1.54) is 60.2 Å². The van der Waals surface area contributed by atoms with Gasteiger partial charge in [0.2, 0.25) is 0 Å². The van der Waals surface area contributed by atoms with Crippen LogP contribution in [-0.4, -0.2) is 23.0 Å². The van der Waals surface area contributed by atoms with Gasteiger partial charge in [-0.3, -0.25) is 0 Å². The standard InChI is InChI=1S/C16H24S2.ClH/c1-2-10-17(9-1)13-15-5-7-16(8-6-15)14-18-11-3-4-12-18;/h5-8H,1-4,9-14H2;1H/q+2;/p-1. The molecule has 0 unspecified atom stereocenters. The third-order valence-electron chi connectivity index (χ3n) is 4.00. The van der Waals surface area contributed by atoms with Crippen LogP contribution >= 0.6 is 0 Å². The van der Waals surface area contributed by atoms with Gasteiger partial charge in [-0.1, -0.05) is 24.3 Å². The molecule has 0 aromatic heterocycles. The molecule has 0 spiro atoms. The van der Waals surface area contributed by atoms with Crippen molar-refractivity contribution in [3.8, 4) is 0 Å². The molecule has 0 amide bonds. The Kier molecular flexibility index (Phi) is 6.44. The third-order valence-corrected chi connectivity index (χ3v) is 8.94. The molecule has 3 rings (SSSR count). The molecule has 106 valence electrons. The highest BCUT2D eigenvalue weighted by atomic mass is 35.5. The van der Waals surface area contributed by atoms with Crippen LogP contribution in [-0.2, 0) is 33.3 Å². The molecule has 0 N–H and O–H groups in total. The van der Waals surface area contributed by atoms with Crippen molar-refractivity contribution in [2.45, 2.75) is 37.2 Å². The molecule has 3 heteroatoms. The maximum absolute atomic E-state index is 2.40. The molecule has 0 nitrogen and oxygen atoms in total. The normalized spacial score (nSPS) is 20.6. The van der Waals surface area contributed by atoms with E-state index in [-0.39, 0.29) is 12.4 Å². The van der Waals surface area contributed by atoms with Crippen LogP contribution in [0.15, 0.2) is 24.3 Å². The fraction of sp³-hybridized carbons (Fsp3) is 0.625. The van der Waals surface area contributed by atoms with E-state index in [1.54, 1.807) is 11.1 Å². The van der Waals surface area contributed by atoms with E-state index < -0.39 is 0 Å². The van der Waals surface area contributed by atoms with Gasteiger partial charge in [-0.05, 0) is 47.5 Å². The van der Waals surface area contributed by atoms with E-state index in [9.17, 15) is 0 Å². The van der Waals surface area contributed by atoms with Gasteiger partial charge in [0.1, 0.15) is 34.5 Å². The van der Waals surface area contributed by atoms with Crippen LogP contribution in [0.25, 0.3) is 0 Å². The van der Waals surface area contributed by atoms with Gasteiger partial charge in [0, 0.05) is 11.1 Å². The van der Waals surface area contributed by atoms with Gasteiger partial charge in [0.25, 0.3) is 0 Å². The highest BCUT2D eigenvalue weighted by Crippen LogP contribution is 2.21. The molecule has 1 aromatic carbocycles. The van der Waals surface area contributed by atoms with Crippen molar-refractivity contribution in [2.24, 2.45) is 0 Å². The number of hydrogen-bond acceptors (Lipinski definition) is 0. The second-order valence-corrected chi connectivity index (χ2v) is 10.2. The molecular weight excluding hydrogens is 292 g/mol. The lowest BCUT2D eigenvalue weighted by molar-refractivity contribution is -0.00000375. The molecule has 0 atom stereocenters. The minimum absolute atomic E-state index is 0. The molecule has 2 heterocycles. The van der Waals surface area contributed by atoms with E-state index in [0.717, 1.165) is 0 Å². The van der Waals surface area contributed by atoms with Crippen molar-refractivity contribution in [1.82, 2.24) is 0 Å². The third kappa shape index (κ3) is 4.61. The molecule has 2 aliphatic rings. The average Bonchev–Trinajstić information content (AvgIpc) is 3.05. The van der Waals surface area contributed by atoms with Gasteiger partial charge in [0.05, 0.1) is 0 Å². The number of halogens is 1. The number of hydrogen-bond donors (Lipinski definition) is 0. The van der Waals surface area contributed by atoms with Crippen molar-refractivity contribution in [2.75, 3.05) is 23.0 Å². The monoisotopic (exact) mass is 315 g/mol. The van der Waals surface area contributed by atoms with E-state index >= 15 is 0 Å². The quantitative estimate of drug-likeness (QED) is 0.711. The van der Waals surface area contributed by atoms with Crippen molar-refractivity contribution in [1.29, 1.82) is 0 Å². The molecule has 2 saturated heterocycles. The maximum Gasteiger partial charge on any atom is 0.133 e. The van der Waals surface area contributed by atoms with Gasteiger partial charge in [-0.25, -0.2) is 0 Å². The van der Waals surface area contributed by atoms with Crippen LogP contribution in [0.5, 0.6) is 0 Å². The first-order chi connectivity index (χ1) is 8.90. The summed E-state index contributed by atoms with van der Waals surface area (Å²) < 4.78 is 0. The SMILES string of the molecule is [Cl-].c1cc(C[S+]2CCCC2)ccc1C[S+]1CCCC1. The second kappa shape index (κ2) is 7.85. The lowest BCUT2D eigenvalue weighted by Gasteiger charge is -2.04. The molecule has 19 heavy (non-hydrogen) atoms. The molecule has 2 fully saturated rings. The fourth-order valence-electron chi connectivity index (χ4n) is 2.92. The Morgan fingerprint density at radius 1 is 0.632 bits per heavy atom. The predicted molar refractivity (Wildman–Crippen MR) is 86.5 cm³/mol. The first kappa shape index (κ1) is 15.6. The van der Waals surface area contributed by atoms with Crippen molar-refractivity contribution < 1.29 is 12.4 Å². The average molecular weight is 316 g/mol. The van der Waals surface area contributed by atoms with Gasteiger partial charge in [-0.2, -0.15) is 0 Å². The maximum atomic E-state index is 2.40. The summed E-state index contributed by atoms with van der Waals surface area (Å²) in [5, 5.41) is 0. The van der Waals surface area contributed by atoms with Crippen molar-refractivity contribution >= 4 is 21.8 Å². The summed E-state index contributed by atoms with van der Waals surface area (Å²) in [7, 11) is 1.43. The topological polar surface area (TPSA) is 0 Å². The van der Waals surface area contributed by atoms with Crippen LogP contribution < -0.4 is 12.4 Å². The lowest BCUT2D eigenvalue weighted by Crippen LogP contribution is -3.00. The molecule has 0 aliphatic carbocycles. The molecular formula is C16H24ClS2+. The largest absolute Gasteiger partial charge is 1.00 e. The minimum Gasteiger partial charge on any atom is -1.00 e. The predicted octanol–water partition coefficient (Wildman–Crippen LogP) is 0.515.